The lowest BCUT2D eigenvalue weighted by Gasteiger charge is -2.08. The third kappa shape index (κ3) is 1.28. The van der Waals surface area contributed by atoms with Crippen molar-refractivity contribution in [2.75, 3.05) is 6.54 Å². The predicted molar refractivity (Wildman–Crippen MR) is 49.5 cm³/mol. The van der Waals surface area contributed by atoms with Crippen molar-refractivity contribution in [3.05, 3.63) is 48.3 Å². The zero-order chi connectivity index (χ0) is 8.39. The van der Waals surface area contributed by atoms with Gasteiger partial charge in [-0.25, -0.2) is 0 Å². The van der Waals surface area contributed by atoms with E-state index in [1.54, 1.807) is 0 Å². The molecule has 0 aliphatic carbocycles. The van der Waals surface area contributed by atoms with E-state index in [-0.39, 0.29) is 0 Å². The molecule has 0 radical (unpaired) electrons. The molecule has 1 aromatic rings. The molecule has 2 N–H and O–H groups in total. The van der Waals surface area contributed by atoms with Crippen LogP contribution in [0.2, 0.25) is 0 Å². The maximum absolute atomic E-state index is 3.81. The van der Waals surface area contributed by atoms with Crippen molar-refractivity contribution < 1.29 is 0 Å². The Morgan fingerprint density at radius 2 is 2.00 bits per heavy atom. The van der Waals surface area contributed by atoms with Crippen LogP contribution in [0.3, 0.4) is 0 Å². The van der Waals surface area contributed by atoms with Gasteiger partial charge >= 0.3 is 0 Å². The van der Waals surface area contributed by atoms with Gasteiger partial charge in [-0.2, -0.15) is 0 Å². The van der Waals surface area contributed by atoms with E-state index >= 15 is 0 Å². The lowest BCUT2D eigenvalue weighted by Crippen LogP contribution is -2.12. The van der Waals surface area contributed by atoms with Gasteiger partial charge in [0.2, 0.25) is 0 Å². The Morgan fingerprint density at radius 1 is 1.25 bits per heavy atom. The summed E-state index contributed by atoms with van der Waals surface area (Å²) in [5, 5.41) is 6.43. The summed E-state index contributed by atoms with van der Waals surface area (Å²) >= 11 is 0. The molecule has 62 valence electrons. The standard InChI is InChI=1S/C10H12N2/c1-8-11-7-10(12-8)9-5-3-2-4-6-9/h2-6,10-12H,1,7H2. The van der Waals surface area contributed by atoms with Crippen LogP contribution in [-0.4, -0.2) is 6.54 Å². The van der Waals surface area contributed by atoms with E-state index in [0.717, 1.165) is 12.4 Å². The van der Waals surface area contributed by atoms with Crippen molar-refractivity contribution in [1.82, 2.24) is 10.6 Å². The quantitative estimate of drug-likeness (QED) is 0.648. The van der Waals surface area contributed by atoms with Crippen molar-refractivity contribution in [2.45, 2.75) is 6.04 Å². The van der Waals surface area contributed by atoms with E-state index in [1.807, 2.05) is 6.07 Å². The summed E-state index contributed by atoms with van der Waals surface area (Å²) < 4.78 is 0. The van der Waals surface area contributed by atoms with Crippen LogP contribution in [0.1, 0.15) is 11.6 Å². The monoisotopic (exact) mass is 160 g/mol. The van der Waals surface area contributed by atoms with Crippen LogP contribution in [0.25, 0.3) is 0 Å². The second kappa shape index (κ2) is 2.89. The molecule has 0 aromatic heterocycles. The molecule has 2 rings (SSSR count). The molecule has 1 atom stereocenters. The van der Waals surface area contributed by atoms with Crippen LogP contribution in [0.4, 0.5) is 0 Å². The van der Waals surface area contributed by atoms with Gasteiger partial charge in [-0.05, 0) is 5.56 Å². The molecule has 0 saturated carbocycles. The molecular formula is C10H12N2. The molecule has 2 heteroatoms. The summed E-state index contributed by atoms with van der Waals surface area (Å²) in [5.41, 5.74) is 1.31. The molecule has 0 amide bonds. The molecule has 1 heterocycles. The van der Waals surface area contributed by atoms with Crippen molar-refractivity contribution in [1.29, 1.82) is 0 Å². The van der Waals surface area contributed by atoms with Crippen LogP contribution in [-0.2, 0) is 0 Å². The van der Waals surface area contributed by atoms with Crippen molar-refractivity contribution in [3.63, 3.8) is 0 Å². The summed E-state index contributed by atoms with van der Waals surface area (Å²) in [5.74, 6) is 0.920. The van der Waals surface area contributed by atoms with Gasteiger partial charge in [0.05, 0.1) is 11.9 Å². The van der Waals surface area contributed by atoms with Gasteiger partial charge in [0, 0.05) is 6.54 Å². The van der Waals surface area contributed by atoms with E-state index in [0.29, 0.717) is 6.04 Å². The summed E-state index contributed by atoms with van der Waals surface area (Å²) in [6, 6.07) is 10.8. The van der Waals surface area contributed by atoms with Gasteiger partial charge in [0.25, 0.3) is 0 Å². The van der Waals surface area contributed by atoms with Gasteiger partial charge < -0.3 is 10.6 Å². The highest BCUT2D eigenvalue weighted by molar-refractivity contribution is 5.22. The highest BCUT2D eigenvalue weighted by Crippen LogP contribution is 2.15. The number of hydrogen-bond acceptors (Lipinski definition) is 2. The van der Waals surface area contributed by atoms with Crippen molar-refractivity contribution >= 4 is 0 Å². The van der Waals surface area contributed by atoms with E-state index < -0.39 is 0 Å². The van der Waals surface area contributed by atoms with E-state index in [1.165, 1.54) is 5.56 Å². The molecule has 1 aromatic carbocycles. The smallest absolute Gasteiger partial charge is 0.0918 e. The molecule has 1 unspecified atom stereocenters. The minimum absolute atomic E-state index is 0.388. The average molecular weight is 160 g/mol. The summed E-state index contributed by atoms with van der Waals surface area (Å²) in [6.45, 7) is 4.74. The van der Waals surface area contributed by atoms with Crippen LogP contribution in [0.15, 0.2) is 42.7 Å². The predicted octanol–water partition coefficient (Wildman–Crippen LogP) is 1.39. The SMILES string of the molecule is C=C1NCC(c2ccccc2)N1. The van der Waals surface area contributed by atoms with E-state index in [9.17, 15) is 0 Å². The number of hydrogen-bond donors (Lipinski definition) is 2. The highest BCUT2D eigenvalue weighted by Gasteiger charge is 2.16. The van der Waals surface area contributed by atoms with E-state index in [2.05, 4.69) is 41.5 Å². The Morgan fingerprint density at radius 3 is 2.58 bits per heavy atom. The molecule has 2 nitrogen and oxygen atoms in total. The second-order valence-electron chi connectivity index (χ2n) is 2.97. The third-order valence-corrected chi connectivity index (χ3v) is 2.07. The van der Waals surface area contributed by atoms with Gasteiger partial charge in [-0.1, -0.05) is 36.9 Å². The van der Waals surface area contributed by atoms with Crippen LogP contribution in [0, 0.1) is 0 Å². The molecule has 1 aliphatic heterocycles. The molecule has 1 saturated heterocycles. The molecule has 12 heavy (non-hydrogen) atoms. The van der Waals surface area contributed by atoms with Gasteiger partial charge in [0.1, 0.15) is 0 Å². The molecule has 0 spiro atoms. The Kier molecular flexibility index (Phi) is 1.74. The Labute approximate surface area is 72.3 Å². The maximum atomic E-state index is 3.81. The van der Waals surface area contributed by atoms with Crippen LogP contribution < -0.4 is 10.6 Å². The fourth-order valence-corrected chi connectivity index (χ4v) is 1.42. The number of nitrogens with one attached hydrogen (secondary N) is 2. The minimum Gasteiger partial charge on any atom is -0.370 e. The normalized spacial score (nSPS) is 21.7. The summed E-state index contributed by atoms with van der Waals surface area (Å²) in [7, 11) is 0. The first kappa shape index (κ1) is 7.22. The number of benzene rings is 1. The topological polar surface area (TPSA) is 24.1 Å². The fraction of sp³-hybridized carbons (Fsp3) is 0.200. The molecule has 0 bridgehead atoms. The molecule has 1 fully saturated rings. The Balaban J connectivity index is 2.16. The van der Waals surface area contributed by atoms with Crippen LogP contribution >= 0.6 is 0 Å². The summed E-state index contributed by atoms with van der Waals surface area (Å²) in [4.78, 5) is 0. The first-order valence-corrected chi connectivity index (χ1v) is 4.10. The van der Waals surface area contributed by atoms with Gasteiger partial charge in [-0.3, -0.25) is 0 Å². The highest BCUT2D eigenvalue weighted by atomic mass is 15.2. The zero-order valence-electron chi connectivity index (χ0n) is 6.88. The second-order valence-corrected chi connectivity index (χ2v) is 2.97. The summed E-state index contributed by atoms with van der Waals surface area (Å²) in [6.07, 6.45) is 0. The van der Waals surface area contributed by atoms with Crippen molar-refractivity contribution in [3.8, 4) is 0 Å². The third-order valence-electron chi connectivity index (χ3n) is 2.07. The van der Waals surface area contributed by atoms with Gasteiger partial charge in [-0.15, -0.1) is 0 Å². The van der Waals surface area contributed by atoms with Gasteiger partial charge in [0.15, 0.2) is 0 Å². The molecular weight excluding hydrogens is 148 g/mol. The zero-order valence-corrected chi connectivity index (χ0v) is 6.88. The Hall–Kier alpha value is -1.44. The maximum Gasteiger partial charge on any atom is 0.0918 e. The average Bonchev–Trinajstić information content (AvgIpc) is 2.54. The minimum atomic E-state index is 0.388. The van der Waals surface area contributed by atoms with Crippen molar-refractivity contribution in [2.24, 2.45) is 0 Å². The first-order chi connectivity index (χ1) is 5.86. The lowest BCUT2D eigenvalue weighted by atomic mass is 10.1. The molecule has 1 aliphatic rings. The fourth-order valence-electron chi connectivity index (χ4n) is 1.42. The number of rotatable bonds is 1. The lowest BCUT2D eigenvalue weighted by molar-refractivity contribution is 0.698. The largest absolute Gasteiger partial charge is 0.370 e. The first-order valence-electron chi connectivity index (χ1n) is 4.10. The van der Waals surface area contributed by atoms with Crippen LogP contribution in [0.5, 0.6) is 0 Å². The Bertz CT molecular complexity index is 279. The van der Waals surface area contributed by atoms with E-state index in [4.69, 9.17) is 0 Å².